The van der Waals surface area contributed by atoms with E-state index in [2.05, 4.69) is 79.6 Å². The first kappa shape index (κ1) is 13.4. The monoisotopic (exact) mass is 476 g/mol. The molecule has 0 aromatic rings. The molecule has 0 spiro atoms. The molecule has 0 saturated carbocycles. The standard InChI is InChI=1S/C6H9Br5/c7-3-1-2-4(8)5(9)6(10)11/h4-6H,1-3H2. The SMILES string of the molecule is BrCCCC(Br)C(Br)C(Br)Br. The lowest BCUT2D eigenvalue weighted by atomic mass is 10.2. The van der Waals surface area contributed by atoms with E-state index in [1.54, 1.807) is 0 Å². The predicted octanol–water partition coefficient (Wildman–Crippen LogP) is 4.80. The summed E-state index contributed by atoms with van der Waals surface area (Å²) in [6.07, 6.45) is 2.37. The summed E-state index contributed by atoms with van der Waals surface area (Å²) in [6, 6.07) is 0. The van der Waals surface area contributed by atoms with Crippen LogP contribution in [0.2, 0.25) is 0 Å². The van der Waals surface area contributed by atoms with Crippen molar-refractivity contribution < 1.29 is 0 Å². The summed E-state index contributed by atoms with van der Waals surface area (Å²) >= 11 is 17.5. The molecule has 2 atom stereocenters. The molecule has 0 saturated heterocycles. The van der Waals surface area contributed by atoms with Crippen LogP contribution in [0.15, 0.2) is 0 Å². The van der Waals surface area contributed by atoms with Gasteiger partial charge in [0.15, 0.2) is 0 Å². The van der Waals surface area contributed by atoms with Gasteiger partial charge >= 0.3 is 0 Å². The molecular weight excluding hydrogens is 472 g/mol. The third kappa shape index (κ3) is 6.47. The van der Waals surface area contributed by atoms with Gasteiger partial charge in [-0.2, -0.15) is 0 Å². The van der Waals surface area contributed by atoms with E-state index in [4.69, 9.17) is 0 Å². The number of hydrogen-bond acceptors (Lipinski definition) is 0. The van der Waals surface area contributed by atoms with Crippen LogP contribution in [-0.2, 0) is 0 Å². The van der Waals surface area contributed by atoms with Gasteiger partial charge in [-0.15, -0.1) is 0 Å². The van der Waals surface area contributed by atoms with Gasteiger partial charge in [-0.05, 0) is 12.8 Å². The fourth-order valence-corrected chi connectivity index (χ4v) is 3.36. The number of hydrogen-bond donors (Lipinski definition) is 0. The van der Waals surface area contributed by atoms with Crippen LogP contribution in [0.1, 0.15) is 12.8 Å². The fourth-order valence-electron chi connectivity index (χ4n) is 0.589. The second kappa shape index (κ2) is 7.77. The van der Waals surface area contributed by atoms with E-state index >= 15 is 0 Å². The molecule has 0 aliphatic rings. The molecule has 0 rings (SSSR count). The van der Waals surface area contributed by atoms with Gasteiger partial charge in [0, 0.05) is 15.0 Å². The van der Waals surface area contributed by atoms with Crippen molar-refractivity contribution >= 4 is 79.6 Å². The third-order valence-electron chi connectivity index (χ3n) is 1.20. The average molecular weight is 481 g/mol. The van der Waals surface area contributed by atoms with E-state index in [9.17, 15) is 0 Å². The normalized spacial score (nSPS) is 16.9. The van der Waals surface area contributed by atoms with Gasteiger partial charge in [-0.25, -0.2) is 0 Å². The molecule has 0 fully saturated rings. The Labute approximate surface area is 110 Å². The second-order valence-electron chi connectivity index (χ2n) is 2.13. The molecule has 0 aliphatic heterocycles. The lowest BCUT2D eigenvalue weighted by Gasteiger charge is -2.17. The fraction of sp³-hybridized carbons (Fsp3) is 1.00. The number of rotatable bonds is 5. The first-order valence-corrected chi connectivity index (χ1v) is 8.00. The first-order chi connectivity index (χ1) is 5.09. The Morgan fingerprint density at radius 2 is 1.55 bits per heavy atom. The van der Waals surface area contributed by atoms with Gasteiger partial charge in [0.2, 0.25) is 0 Å². The summed E-state index contributed by atoms with van der Waals surface area (Å²) in [5, 5.41) is 1.07. The first-order valence-electron chi connectivity index (χ1n) is 3.22. The van der Waals surface area contributed by atoms with Gasteiger partial charge in [0.25, 0.3) is 0 Å². The van der Waals surface area contributed by atoms with E-state index in [1.165, 1.54) is 12.8 Å². The molecule has 0 amide bonds. The highest BCUT2D eigenvalue weighted by Gasteiger charge is 2.20. The van der Waals surface area contributed by atoms with Crippen LogP contribution in [0, 0.1) is 0 Å². The molecule has 0 aliphatic carbocycles. The predicted molar refractivity (Wildman–Crippen MR) is 70.1 cm³/mol. The lowest BCUT2D eigenvalue weighted by molar-refractivity contribution is 0.753. The van der Waals surface area contributed by atoms with E-state index in [1.807, 2.05) is 0 Å². The van der Waals surface area contributed by atoms with E-state index < -0.39 is 0 Å². The third-order valence-corrected chi connectivity index (χ3v) is 7.22. The van der Waals surface area contributed by atoms with Crippen LogP contribution in [0.4, 0.5) is 0 Å². The lowest BCUT2D eigenvalue weighted by Crippen LogP contribution is -2.20. The summed E-state index contributed by atoms with van der Waals surface area (Å²) in [7, 11) is 0. The van der Waals surface area contributed by atoms with Gasteiger partial charge in [0.1, 0.15) is 0 Å². The van der Waals surface area contributed by atoms with E-state index in [-0.39, 0.29) is 0 Å². The summed E-state index contributed by atoms with van der Waals surface area (Å²) in [5.74, 6) is 0. The summed E-state index contributed by atoms with van der Waals surface area (Å²) in [6.45, 7) is 0. The van der Waals surface area contributed by atoms with Crippen molar-refractivity contribution in [3.8, 4) is 0 Å². The number of alkyl halides is 5. The van der Waals surface area contributed by atoms with Crippen LogP contribution in [0.25, 0.3) is 0 Å². The topological polar surface area (TPSA) is 0 Å². The van der Waals surface area contributed by atoms with E-state index in [0.29, 0.717) is 13.4 Å². The summed E-state index contributed by atoms with van der Waals surface area (Å²) < 4.78 is 0.328. The molecular formula is C6H9Br5. The minimum absolute atomic E-state index is 0.328. The smallest absolute Gasteiger partial charge is 0.0833 e. The van der Waals surface area contributed by atoms with Crippen LogP contribution < -0.4 is 0 Å². The van der Waals surface area contributed by atoms with Gasteiger partial charge in [-0.3, -0.25) is 0 Å². The Morgan fingerprint density at radius 1 is 1.00 bits per heavy atom. The Balaban J connectivity index is 3.55. The van der Waals surface area contributed by atoms with Crippen LogP contribution in [0.3, 0.4) is 0 Å². The van der Waals surface area contributed by atoms with Gasteiger partial charge in [-0.1, -0.05) is 79.6 Å². The molecule has 2 unspecified atom stereocenters. The van der Waals surface area contributed by atoms with Crippen molar-refractivity contribution in [2.75, 3.05) is 5.33 Å². The quantitative estimate of drug-likeness (QED) is 0.496. The maximum atomic E-state index is 3.62. The molecule has 11 heavy (non-hydrogen) atoms. The highest BCUT2D eigenvalue weighted by atomic mass is 79.9. The van der Waals surface area contributed by atoms with Crippen LogP contribution >= 0.6 is 79.6 Å². The Kier molecular flexibility index (Phi) is 9.47. The summed E-state index contributed by atoms with van der Waals surface area (Å²) in [4.78, 5) is 0.949. The molecule has 0 bridgehead atoms. The minimum atomic E-state index is 0.328. The molecule has 0 aromatic carbocycles. The average Bonchev–Trinajstić information content (AvgIpc) is 1.98. The molecule has 0 nitrogen and oxygen atoms in total. The Bertz CT molecular complexity index is 95.0. The van der Waals surface area contributed by atoms with Crippen molar-refractivity contribution in [2.24, 2.45) is 0 Å². The Morgan fingerprint density at radius 3 is 1.91 bits per heavy atom. The number of halogens is 5. The van der Waals surface area contributed by atoms with Crippen molar-refractivity contribution in [2.45, 2.75) is 26.2 Å². The Hall–Kier alpha value is 2.40. The highest BCUT2D eigenvalue weighted by molar-refractivity contribution is 9.25. The molecule has 0 heterocycles. The zero-order valence-electron chi connectivity index (χ0n) is 5.74. The zero-order valence-corrected chi connectivity index (χ0v) is 13.7. The molecule has 5 heteroatoms. The largest absolute Gasteiger partial charge is 0.0928 e. The maximum absolute atomic E-state index is 3.62. The molecule has 0 N–H and O–H groups in total. The van der Waals surface area contributed by atoms with Gasteiger partial charge in [0.05, 0.1) is 3.74 Å². The minimum Gasteiger partial charge on any atom is -0.0928 e. The second-order valence-corrected chi connectivity index (χ2v) is 8.35. The van der Waals surface area contributed by atoms with Gasteiger partial charge < -0.3 is 0 Å². The summed E-state index contributed by atoms with van der Waals surface area (Å²) in [5.41, 5.74) is 0. The van der Waals surface area contributed by atoms with Crippen molar-refractivity contribution in [3.63, 3.8) is 0 Å². The van der Waals surface area contributed by atoms with Crippen molar-refractivity contribution in [3.05, 3.63) is 0 Å². The van der Waals surface area contributed by atoms with Crippen molar-refractivity contribution in [1.29, 1.82) is 0 Å². The van der Waals surface area contributed by atoms with Crippen molar-refractivity contribution in [1.82, 2.24) is 0 Å². The zero-order chi connectivity index (χ0) is 8.85. The molecule has 68 valence electrons. The highest BCUT2D eigenvalue weighted by Crippen LogP contribution is 2.29. The maximum Gasteiger partial charge on any atom is 0.0833 e. The van der Waals surface area contributed by atoms with E-state index in [0.717, 1.165) is 5.33 Å². The van der Waals surface area contributed by atoms with Crippen LogP contribution in [-0.4, -0.2) is 18.7 Å². The molecule has 0 aromatic heterocycles. The van der Waals surface area contributed by atoms with Crippen LogP contribution in [0.5, 0.6) is 0 Å². The molecule has 0 radical (unpaired) electrons.